The summed E-state index contributed by atoms with van der Waals surface area (Å²) in [7, 11) is 0. The average molecular weight is 1210 g/mol. The van der Waals surface area contributed by atoms with E-state index in [1.165, 1.54) is 54.6 Å². The van der Waals surface area contributed by atoms with Crippen LogP contribution in [0.3, 0.4) is 0 Å². The number of aliphatic hydroxyl groups is 12. The molecule has 468 valence electrons. The second-order valence-electron chi connectivity index (χ2n) is 19.9. The lowest BCUT2D eigenvalue weighted by molar-refractivity contribution is -0.423. The fraction of sp³-hybridized carbons (Fsp3) is 0.635. The molecule has 7 rings (SSSR count). The van der Waals surface area contributed by atoms with Crippen LogP contribution in [0.25, 0.3) is 6.08 Å². The smallest absolute Gasteiger partial charge is 0.338 e. The summed E-state index contributed by atoms with van der Waals surface area (Å²) in [6.45, 7) is -3.32. The molecule has 24 unspecified atom stereocenters. The Kier molecular flexibility index (Phi) is 23.0. The molecule has 0 spiro atoms. The van der Waals surface area contributed by atoms with Crippen molar-refractivity contribution in [2.45, 2.75) is 168 Å². The Morgan fingerprint density at radius 2 is 1.01 bits per heavy atom. The third-order valence-electron chi connectivity index (χ3n) is 13.9. The molecule has 5 saturated heterocycles. The Morgan fingerprint density at radius 3 is 1.56 bits per heavy atom. The minimum atomic E-state index is -2.95. The van der Waals surface area contributed by atoms with E-state index in [9.17, 15) is 90.4 Å². The zero-order valence-electron chi connectivity index (χ0n) is 44.9. The fourth-order valence-corrected chi connectivity index (χ4v) is 9.60. The van der Waals surface area contributed by atoms with Crippen LogP contribution in [0, 0.1) is 0 Å². The predicted molar refractivity (Wildman–Crippen MR) is 266 cm³/mol. The van der Waals surface area contributed by atoms with Crippen LogP contribution in [0.5, 0.6) is 5.75 Å². The van der Waals surface area contributed by atoms with Crippen LogP contribution in [-0.4, -0.2) is 283 Å². The van der Waals surface area contributed by atoms with Gasteiger partial charge in [0.1, 0.15) is 129 Å². The Morgan fingerprint density at radius 1 is 0.500 bits per heavy atom. The van der Waals surface area contributed by atoms with Crippen LogP contribution in [0.1, 0.15) is 36.7 Å². The van der Waals surface area contributed by atoms with E-state index in [2.05, 4.69) is 0 Å². The van der Waals surface area contributed by atoms with Crippen molar-refractivity contribution in [1.29, 1.82) is 0 Å². The summed E-state index contributed by atoms with van der Waals surface area (Å²) >= 11 is 0. The van der Waals surface area contributed by atoms with Gasteiger partial charge in [0.05, 0.1) is 25.4 Å². The highest BCUT2D eigenvalue weighted by atomic mass is 16.8. The number of esters is 5. The average Bonchev–Trinajstić information content (AvgIpc) is 3.52. The Labute approximate surface area is 476 Å². The van der Waals surface area contributed by atoms with Crippen molar-refractivity contribution in [2.24, 2.45) is 0 Å². The number of aromatic hydroxyl groups is 1. The van der Waals surface area contributed by atoms with Crippen LogP contribution < -0.4 is 0 Å². The number of carbonyl (C=O) groups is 5. The molecule has 0 aromatic heterocycles. The Hall–Kier alpha value is -5.51. The normalized spacial score (nSPS) is 38.8. The van der Waals surface area contributed by atoms with E-state index in [4.69, 9.17) is 66.3 Å². The number of carbonyl (C=O) groups excluding carboxylic acids is 5. The van der Waals surface area contributed by atoms with E-state index in [0.29, 0.717) is 5.56 Å². The second kappa shape index (κ2) is 29.3. The highest BCUT2D eigenvalue weighted by Gasteiger charge is 2.64. The largest absolute Gasteiger partial charge is 0.508 e. The summed E-state index contributed by atoms with van der Waals surface area (Å²) in [5.74, 6) is -8.48. The SMILES string of the molecule is CC(=O)OCC1OC(OC2C(OC(C)=O)C(COC(C)=O)OC(OC3(COC(=O)C=Cc4ccc(O)cc4)OC(CO)C(O)C3OC(=O)c3ccccc3)C2OC2OC(CO)C(O)C(O)C2O)C(O)C(OC2OC(CO)C(O)C(O)C2O)C1O. The summed E-state index contributed by atoms with van der Waals surface area (Å²) in [4.78, 5) is 65.5. The molecule has 0 saturated carbocycles. The molecule has 2 aromatic carbocycles. The standard InChI is InChI=1S/C52H68O32/c1-21(56)71-18-30-35(63)43(79-48-39(67)37(65)33(61)27(15-53)75-48)41(69)50(77-30)80-44-42(74-23(3)58)31(19-72-22(2)57)78-51(45(44)81-49-40(68)38(66)34(62)28(16-54)76-49)84-52(20-73-32(60)14-11-24-9-12-26(59)13-10-24)46(36(64)29(17-55)83-52)82-47(70)25-7-5-4-6-8-25/h4-14,27-31,33-46,48-51,53-55,59,61-69H,15-20H2,1-3H3. The lowest BCUT2D eigenvalue weighted by Crippen LogP contribution is -2.69. The van der Waals surface area contributed by atoms with Gasteiger partial charge in [-0.2, -0.15) is 0 Å². The van der Waals surface area contributed by atoms with Gasteiger partial charge in [-0.15, -0.1) is 0 Å². The van der Waals surface area contributed by atoms with Gasteiger partial charge in [0.25, 0.3) is 0 Å². The van der Waals surface area contributed by atoms with Gasteiger partial charge < -0.3 is 133 Å². The van der Waals surface area contributed by atoms with Crippen LogP contribution in [0.2, 0.25) is 0 Å². The highest BCUT2D eigenvalue weighted by Crippen LogP contribution is 2.42. The first-order valence-electron chi connectivity index (χ1n) is 26.1. The number of hydrogen-bond acceptors (Lipinski definition) is 32. The molecular formula is C52H68O32. The molecule has 84 heavy (non-hydrogen) atoms. The number of phenolic OH excluding ortho intramolecular Hbond substituents is 1. The maximum atomic E-state index is 14.0. The van der Waals surface area contributed by atoms with E-state index < -0.39 is 216 Å². The third kappa shape index (κ3) is 15.5. The summed E-state index contributed by atoms with van der Waals surface area (Å²) in [5.41, 5.74) is 0.244. The van der Waals surface area contributed by atoms with Gasteiger partial charge in [-0.3, -0.25) is 14.4 Å². The van der Waals surface area contributed by atoms with Crippen molar-refractivity contribution in [3.8, 4) is 5.75 Å². The molecule has 5 aliphatic heterocycles. The number of rotatable bonds is 22. The number of ether oxygens (including phenoxy) is 14. The van der Waals surface area contributed by atoms with Gasteiger partial charge in [-0.1, -0.05) is 30.3 Å². The van der Waals surface area contributed by atoms with E-state index in [1.807, 2.05) is 0 Å². The molecule has 32 heteroatoms. The number of benzene rings is 2. The lowest BCUT2D eigenvalue weighted by Gasteiger charge is -2.51. The first-order valence-corrected chi connectivity index (χ1v) is 26.1. The van der Waals surface area contributed by atoms with Crippen LogP contribution in [0.4, 0.5) is 0 Å². The fourth-order valence-electron chi connectivity index (χ4n) is 9.60. The van der Waals surface area contributed by atoms with E-state index in [1.54, 1.807) is 6.07 Å². The van der Waals surface area contributed by atoms with Crippen molar-refractivity contribution in [1.82, 2.24) is 0 Å². The first-order chi connectivity index (χ1) is 39.9. The molecule has 24 atom stereocenters. The van der Waals surface area contributed by atoms with Crippen LogP contribution in [-0.2, 0) is 85.5 Å². The monoisotopic (exact) mass is 1200 g/mol. The third-order valence-corrected chi connectivity index (χ3v) is 13.9. The minimum Gasteiger partial charge on any atom is -0.508 e. The Balaban J connectivity index is 1.38. The molecule has 0 bridgehead atoms. The molecule has 5 fully saturated rings. The van der Waals surface area contributed by atoms with Crippen molar-refractivity contribution in [2.75, 3.05) is 39.6 Å². The Bertz CT molecular complexity index is 2520. The highest BCUT2D eigenvalue weighted by molar-refractivity contribution is 5.89. The maximum Gasteiger partial charge on any atom is 0.338 e. The predicted octanol–water partition coefficient (Wildman–Crippen LogP) is -6.38. The quantitative estimate of drug-likeness (QED) is 0.0296. The van der Waals surface area contributed by atoms with Crippen molar-refractivity contribution < 1.29 is 157 Å². The maximum absolute atomic E-state index is 14.0. The zero-order chi connectivity index (χ0) is 61.3. The second-order valence-corrected chi connectivity index (χ2v) is 19.9. The van der Waals surface area contributed by atoms with Crippen LogP contribution in [0.15, 0.2) is 60.7 Å². The van der Waals surface area contributed by atoms with Gasteiger partial charge in [-0.05, 0) is 35.9 Å². The summed E-state index contributed by atoms with van der Waals surface area (Å²) < 4.78 is 82.4. The minimum absolute atomic E-state index is 0.101. The van der Waals surface area contributed by atoms with Gasteiger partial charge >= 0.3 is 29.8 Å². The van der Waals surface area contributed by atoms with Crippen molar-refractivity contribution in [3.05, 3.63) is 71.8 Å². The van der Waals surface area contributed by atoms with Crippen molar-refractivity contribution >= 4 is 35.9 Å². The van der Waals surface area contributed by atoms with Gasteiger partial charge in [-0.25, -0.2) is 9.59 Å². The van der Waals surface area contributed by atoms with Crippen LogP contribution >= 0.6 is 0 Å². The molecule has 0 amide bonds. The van der Waals surface area contributed by atoms with E-state index >= 15 is 0 Å². The topological polar surface area (TPSA) is 478 Å². The van der Waals surface area contributed by atoms with E-state index in [0.717, 1.165) is 26.8 Å². The number of phenols is 1. The molecule has 5 aliphatic rings. The first kappa shape index (κ1) is 66.0. The number of aliphatic hydroxyl groups excluding tert-OH is 12. The molecule has 32 nitrogen and oxygen atoms in total. The van der Waals surface area contributed by atoms with Gasteiger partial charge in [0.15, 0.2) is 37.4 Å². The van der Waals surface area contributed by atoms with E-state index in [-0.39, 0.29) is 11.3 Å². The summed E-state index contributed by atoms with van der Waals surface area (Å²) in [5, 5.41) is 142. The molecule has 5 heterocycles. The molecule has 2 aromatic rings. The molecule has 0 radical (unpaired) electrons. The van der Waals surface area contributed by atoms with Gasteiger partial charge in [0, 0.05) is 26.8 Å². The lowest BCUT2D eigenvalue weighted by atomic mass is 9.95. The summed E-state index contributed by atoms with van der Waals surface area (Å²) in [6.07, 6.45) is -46.2. The molecule has 0 aliphatic carbocycles. The van der Waals surface area contributed by atoms with Gasteiger partial charge in [0.2, 0.25) is 5.79 Å². The summed E-state index contributed by atoms with van der Waals surface area (Å²) in [6, 6.07) is 12.6. The van der Waals surface area contributed by atoms with Crippen molar-refractivity contribution in [3.63, 3.8) is 0 Å². The molecule has 13 N–H and O–H groups in total. The molecular weight excluding hydrogens is 1140 g/mol. The number of hydrogen-bond donors (Lipinski definition) is 13. The zero-order valence-corrected chi connectivity index (χ0v) is 44.9.